The van der Waals surface area contributed by atoms with E-state index in [1.54, 1.807) is 4.68 Å². The van der Waals surface area contributed by atoms with Crippen molar-refractivity contribution in [2.45, 2.75) is 33.0 Å². The fourth-order valence-corrected chi connectivity index (χ4v) is 2.37. The Bertz CT molecular complexity index is 635. The number of carbonyl (C=O) groups is 1. The zero-order valence-electron chi connectivity index (χ0n) is 13.6. The lowest BCUT2D eigenvalue weighted by Gasteiger charge is -2.15. The lowest BCUT2D eigenvalue weighted by Crippen LogP contribution is -2.29. The first-order valence-corrected chi connectivity index (χ1v) is 7.43. The largest absolute Gasteiger partial charge is 0.342 e. The van der Waals surface area contributed by atoms with Gasteiger partial charge in [-0.15, -0.1) is 0 Å². The molecule has 1 aromatic heterocycles. The van der Waals surface area contributed by atoms with Gasteiger partial charge in [-0.25, -0.2) is 9.67 Å². The number of hydrogen-bond donors (Lipinski definition) is 1. The quantitative estimate of drug-likeness (QED) is 0.884. The lowest BCUT2D eigenvalue weighted by molar-refractivity contribution is 0.0937. The summed E-state index contributed by atoms with van der Waals surface area (Å²) >= 11 is 0. The molecule has 2 rings (SSSR count). The van der Waals surface area contributed by atoms with E-state index in [0.29, 0.717) is 5.56 Å². The number of carbonyl (C=O) groups excluding carboxylic acids is 1. The molecule has 22 heavy (non-hydrogen) atoms. The first kappa shape index (κ1) is 16.2. The minimum atomic E-state index is -0.188. The van der Waals surface area contributed by atoms with Crippen LogP contribution in [0.4, 0.5) is 0 Å². The second-order valence-electron chi connectivity index (χ2n) is 5.57. The molecule has 0 aliphatic heterocycles. The van der Waals surface area contributed by atoms with Crippen molar-refractivity contribution < 1.29 is 4.79 Å². The molecule has 0 aliphatic rings. The molecule has 0 bridgehead atoms. The number of nitrogens with one attached hydrogen (secondary N) is 1. The summed E-state index contributed by atoms with van der Waals surface area (Å²) in [5, 5.41) is 7.11. The van der Waals surface area contributed by atoms with Gasteiger partial charge in [-0.2, -0.15) is 5.10 Å². The van der Waals surface area contributed by atoms with E-state index in [1.807, 2.05) is 52.2 Å². The predicted octanol–water partition coefficient (Wildman–Crippen LogP) is 1.85. The molecular formula is C16H23N5O. The Morgan fingerprint density at radius 3 is 2.86 bits per heavy atom. The minimum Gasteiger partial charge on any atom is -0.342 e. The number of hydrogen-bond acceptors (Lipinski definition) is 4. The van der Waals surface area contributed by atoms with Gasteiger partial charge in [0.15, 0.2) is 0 Å². The Kier molecular flexibility index (Phi) is 5.27. The number of amides is 1. The normalized spacial score (nSPS) is 12.4. The van der Waals surface area contributed by atoms with Crippen LogP contribution in [-0.2, 0) is 13.1 Å². The number of nitrogens with zero attached hydrogens (tertiary/aromatic N) is 4. The molecule has 1 aromatic carbocycles. The van der Waals surface area contributed by atoms with Crippen molar-refractivity contribution >= 4 is 5.91 Å². The van der Waals surface area contributed by atoms with E-state index < -0.39 is 0 Å². The smallest absolute Gasteiger partial charge is 0.251 e. The van der Waals surface area contributed by atoms with Crippen LogP contribution in [0, 0.1) is 0 Å². The first-order valence-electron chi connectivity index (χ1n) is 7.43. The maximum atomic E-state index is 12.4. The molecule has 1 heterocycles. The summed E-state index contributed by atoms with van der Waals surface area (Å²) in [6.45, 7) is 5.45. The summed E-state index contributed by atoms with van der Waals surface area (Å²) < 4.78 is 1.79. The Balaban J connectivity index is 2.08. The summed E-state index contributed by atoms with van der Waals surface area (Å²) in [6, 6.07) is 7.49. The zero-order valence-corrected chi connectivity index (χ0v) is 13.6. The van der Waals surface area contributed by atoms with Crippen LogP contribution in [0.15, 0.2) is 30.6 Å². The molecule has 2 aromatic rings. The number of benzene rings is 1. The molecule has 0 aliphatic carbocycles. The van der Waals surface area contributed by atoms with Crippen LogP contribution in [0.3, 0.4) is 0 Å². The highest BCUT2D eigenvalue weighted by Crippen LogP contribution is 2.12. The van der Waals surface area contributed by atoms with E-state index in [-0.39, 0.29) is 11.9 Å². The molecule has 0 spiro atoms. The van der Waals surface area contributed by atoms with Crippen molar-refractivity contribution in [2.75, 3.05) is 14.1 Å². The molecular weight excluding hydrogens is 278 g/mol. The maximum Gasteiger partial charge on any atom is 0.251 e. The van der Waals surface area contributed by atoms with Crippen molar-refractivity contribution in [2.24, 2.45) is 0 Å². The fraction of sp³-hybridized carbons (Fsp3) is 0.438. The second kappa shape index (κ2) is 7.17. The molecule has 1 N–H and O–H groups in total. The van der Waals surface area contributed by atoms with Gasteiger partial charge in [-0.05, 0) is 45.6 Å². The predicted molar refractivity (Wildman–Crippen MR) is 85.4 cm³/mol. The monoisotopic (exact) mass is 301 g/mol. The highest BCUT2D eigenvalue weighted by atomic mass is 16.1. The summed E-state index contributed by atoms with van der Waals surface area (Å²) in [6.07, 6.45) is 1.51. The molecule has 0 saturated heterocycles. The Morgan fingerprint density at radius 1 is 1.41 bits per heavy atom. The van der Waals surface area contributed by atoms with Crippen LogP contribution in [0.25, 0.3) is 0 Å². The van der Waals surface area contributed by atoms with Gasteiger partial charge in [0.2, 0.25) is 0 Å². The third kappa shape index (κ3) is 3.92. The van der Waals surface area contributed by atoms with Gasteiger partial charge in [0.05, 0.1) is 6.04 Å². The highest BCUT2D eigenvalue weighted by molar-refractivity contribution is 5.94. The van der Waals surface area contributed by atoms with Gasteiger partial charge in [-0.3, -0.25) is 4.79 Å². The van der Waals surface area contributed by atoms with Gasteiger partial charge in [-0.1, -0.05) is 12.1 Å². The van der Waals surface area contributed by atoms with Gasteiger partial charge >= 0.3 is 0 Å². The summed E-state index contributed by atoms with van der Waals surface area (Å²) in [5.41, 5.74) is 1.77. The van der Waals surface area contributed by atoms with Crippen LogP contribution in [0.1, 0.15) is 41.6 Å². The highest BCUT2D eigenvalue weighted by Gasteiger charge is 2.16. The minimum absolute atomic E-state index is 0.0984. The maximum absolute atomic E-state index is 12.4. The molecule has 1 amide bonds. The van der Waals surface area contributed by atoms with Crippen molar-refractivity contribution in [1.29, 1.82) is 0 Å². The van der Waals surface area contributed by atoms with E-state index in [4.69, 9.17) is 0 Å². The van der Waals surface area contributed by atoms with Crippen molar-refractivity contribution in [1.82, 2.24) is 25.0 Å². The SMILES string of the molecule is CCn1ncnc1C(C)NC(=O)c1cccc(CN(C)C)c1. The Labute approximate surface area is 131 Å². The molecule has 0 fully saturated rings. The lowest BCUT2D eigenvalue weighted by atomic mass is 10.1. The number of aromatic nitrogens is 3. The van der Waals surface area contributed by atoms with Crippen molar-refractivity contribution in [3.8, 4) is 0 Å². The average molecular weight is 301 g/mol. The van der Waals surface area contributed by atoms with Crippen LogP contribution < -0.4 is 5.32 Å². The molecule has 1 atom stereocenters. The second-order valence-corrected chi connectivity index (χ2v) is 5.57. The van der Waals surface area contributed by atoms with E-state index >= 15 is 0 Å². The van der Waals surface area contributed by atoms with E-state index in [9.17, 15) is 4.79 Å². The van der Waals surface area contributed by atoms with Gasteiger partial charge < -0.3 is 10.2 Å². The van der Waals surface area contributed by atoms with Crippen LogP contribution >= 0.6 is 0 Å². The number of aryl methyl sites for hydroxylation is 1. The number of rotatable bonds is 6. The first-order chi connectivity index (χ1) is 10.5. The van der Waals surface area contributed by atoms with E-state index in [2.05, 4.69) is 20.3 Å². The third-order valence-corrected chi connectivity index (χ3v) is 3.37. The van der Waals surface area contributed by atoms with Crippen LogP contribution in [0.2, 0.25) is 0 Å². The van der Waals surface area contributed by atoms with Crippen molar-refractivity contribution in [3.05, 3.63) is 47.5 Å². The van der Waals surface area contributed by atoms with E-state index in [0.717, 1.165) is 24.5 Å². The zero-order chi connectivity index (χ0) is 16.1. The molecule has 6 heteroatoms. The van der Waals surface area contributed by atoms with Crippen LogP contribution in [0.5, 0.6) is 0 Å². The summed E-state index contributed by atoms with van der Waals surface area (Å²) in [7, 11) is 4.01. The van der Waals surface area contributed by atoms with E-state index in [1.165, 1.54) is 6.33 Å². The Morgan fingerprint density at radius 2 is 2.18 bits per heavy atom. The third-order valence-electron chi connectivity index (χ3n) is 3.37. The fourth-order valence-electron chi connectivity index (χ4n) is 2.37. The summed E-state index contributed by atoms with van der Waals surface area (Å²) in [4.78, 5) is 18.7. The Hall–Kier alpha value is -2.21. The van der Waals surface area contributed by atoms with Gasteiger partial charge in [0.1, 0.15) is 12.2 Å². The average Bonchev–Trinajstić information content (AvgIpc) is 2.95. The molecule has 6 nitrogen and oxygen atoms in total. The molecule has 118 valence electrons. The molecule has 0 saturated carbocycles. The van der Waals surface area contributed by atoms with Gasteiger partial charge in [0.25, 0.3) is 5.91 Å². The molecule has 1 unspecified atom stereocenters. The topological polar surface area (TPSA) is 63.1 Å². The van der Waals surface area contributed by atoms with Crippen LogP contribution in [-0.4, -0.2) is 39.7 Å². The van der Waals surface area contributed by atoms with Crippen molar-refractivity contribution in [3.63, 3.8) is 0 Å². The molecule has 0 radical (unpaired) electrons. The van der Waals surface area contributed by atoms with Gasteiger partial charge in [0, 0.05) is 18.7 Å². The standard InChI is InChI=1S/C16H23N5O/c1-5-21-15(17-11-18-21)12(2)19-16(22)14-8-6-7-13(9-14)10-20(3)4/h6-9,11-12H,5,10H2,1-4H3,(H,19,22). The summed E-state index contributed by atoms with van der Waals surface area (Å²) in [5.74, 6) is 0.666.